The molecule has 1 fully saturated rings. The van der Waals surface area contributed by atoms with Crippen LogP contribution in [0.3, 0.4) is 0 Å². The molecule has 1 aliphatic carbocycles. The van der Waals surface area contributed by atoms with E-state index in [1.165, 1.54) is 6.26 Å². The number of nitrogens with one attached hydrogen (secondary N) is 1. The third-order valence-corrected chi connectivity index (χ3v) is 2.34. The van der Waals surface area contributed by atoms with Crippen LogP contribution in [0.15, 0.2) is 10.7 Å². The SMILES string of the molecule is N#Cc1n[nH]nc1-c1coc(C2CC2)n1. The van der Waals surface area contributed by atoms with E-state index in [-0.39, 0.29) is 5.69 Å². The Balaban J connectivity index is 2.01. The Hall–Kier alpha value is -2.16. The molecule has 0 atom stereocenters. The molecule has 1 saturated carbocycles. The molecule has 1 N–H and O–H groups in total. The van der Waals surface area contributed by atoms with Crippen LogP contribution in [0.5, 0.6) is 0 Å². The van der Waals surface area contributed by atoms with Crippen molar-refractivity contribution in [2.24, 2.45) is 0 Å². The molecule has 15 heavy (non-hydrogen) atoms. The van der Waals surface area contributed by atoms with E-state index in [2.05, 4.69) is 20.4 Å². The predicted octanol–water partition coefficient (Wildman–Crippen LogP) is 1.21. The average molecular weight is 201 g/mol. The Labute approximate surface area is 84.9 Å². The Morgan fingerprint density at radius 1 is 1.47 bits per heavy atom. The Morgan fingerprint density at radius 2 is 2.33 bits per heavy atom. The standard InChI is InChI=1S/C9H7N5O/c10-3-6-8(13-14-12-6)7-4-15-9(11-7)5-1-2-5/h4-5H,1-2H2,(H,12,13,14). The van der Waals surface area contributed by atoms with Gasteiger partial charge in [-0.15, -0.1) is 5.10 Å². The van der Waals surface area contributed by atoms with Crippen molar-refractivity contribution in [1.82, 2.24) is 20.4 Å². The number of oxazole rings is 1. The van der Waals surface area contributed by atoms with Gasteiger partial charge in [-0.2, -0.15) is 15.6 Å². The number of aromatic amines is 1. The van der Waals surface area contributed by atoms with Gasteiger partial charge < -0.3 is 4.42 Å². The normalized spacial score (nSPS) is 15.1. The Kier molecular flexibility index (Phi) is 1.59. The van der Waals surface area contributed by atoms with Gasteiger partial charge in [-0.3, -0.25) is 0 Å². The number of rotatable bonds is 2. The molecule has 0 aliphatic heterocycles. The largest absolute Gasteiger partial charge is 0.448 e. The summed E-state index contributed by atoms with van der Waals surface area (Å²) >= 11 is 0. The first-order valence-electron chi connectivity index (χ1n) is 4.65. The minimum atomic E-state index is 0.241. The van der Waals surface area contributed by atoms with Crippen LogP contribution < -0.4 is 0 Å². The van der Waals surface area contributed by atoms with Crippen molar-refractivity contribution >= 4 is 0 Å². The van der Waals surface area contributed by atoms with Crippen molar-refractivity contribution < 1.29 is 4.42 Å². The fourth-order valence-electron chi connectivity index (χ4n) is 1.40. The van der Waals surface area contributed by atoms with Crippen LogP contribution in [0.2, 0.25) is 0 Å². The predicted molar refractivity (Wildman–Crippen MR) is 48.6 cm³/mol. The molecule has 3 rings (SSSR count). The average Bonchev–Trinajstić information content (AvgIpc) is 2.83. The third kappa shape index (κ3) is 1.29. The van der Waals surface area contributed by atoms with E-state index < -0.39 is 0 Å². The zero-order chi connectivity index (χ0) is 10.3. The van der Waals surface area contributed by atoms with Gasteiger partial charge >= 0.3 is 0 Å². The van der Waals surface area contributed by atoms with E-state index >= 15 is 0 Å². The first-order chi connectivity index (χ1) is 7.38. The van der Waals surface area contributed by atoms with Crippen LogP contribution in [0.1, 0.15) is 30.3 Å². The number of hydrogen-bond acceptors (Lipinski definition) is 5. The summed E-state index contributed by atoms with van der Waals surface area (Å²) in [6.45, 7) is 0. The van der Waals surface area contributed by atoms with E-state index in [9.17, 15) is 0 Å². The van der Waals surface area contributed by atoms with Crippen molar-refractivity contribution in [1.29, 1.82) is 5.26 Å². The maximum absolute atomic E-state index is 8.77. The van der Waals surface area contributed by atoms with Crippen molar-refractivity contribution in [2.45, 2.75) is 18.8 Å². The van der Waals surface area contributed by atoms with Gasteiger partial charge in [0.2, 0.25) is 0 Å². The maximum atomic E-state index is 8.77. The highest BCUT2D eigenvalue weighted by Gasteiger charge is 2.29. The molecule has 0 unspecified atom stereocenters. The van der Waals surface area contributed by atoms with Gasteiger partial charge in [0.15, 0.2) is 17.3 Å². The summed E-state index contributed by atoms with van der Waals surface area (Å²) in [4.78, 5) is 4.28. The summed E-state index contributed by atoms with van der Waals surface area (Å²) in [5.74, 6) is 1.19. The van der Waals surface area contributed by atoms with Gasteiger partial charge in [-0.05, 0) is 12.8 Å². The number of aromatic nitrogens is 4. The van der Waals surface area contributed by atoms with Crippen LogP contribution in [-0.4, -0.2) is 20.4 Å². The summed E-state index contributed by atoms with van der Waals surface area (Å²) in [6.07, 6.45) is 3.78. The van der Waals surface area contributed by atoms with Gasteiger partial charge in [0.1, 0.15) is 18.0 Å². The van der Waals surface area contributed by atoms with Crippen molar-refractivity contribution in [3.8, 4) is 17.5 Å². The first-order valence-corrected chi connectivity index (χ1v) is 4.65. The topological polar surface area (TPSA) is 91.4 Å². The second kappa shape index (κ2) is 2.92. The van der Waals surface area contributed by atoms with Gasteiger partial charge in [0.05, 0.1) is 0 Å². The van der Waals surface area contributed by atoms with Crippen LogP contribution >= 0.6 is 0 Å². The number of H-pyrrole nitrogens is 1. The lowest BCUT2D eigenvalue weighted by molar-refractivity contribution is 0.497. The zero-order valence-electron chi connectivity index (χ0n) is 7.77. The molecular formula is C9H7N5O. The van der Waals surface area contributed by atoms with E-state index in [1.807, 2.05) is 6.07 Å². The Bertz CT molecular complexity index is 531. The first kappa shape index (κ1) is 8.17. The minimum absolute atomic E-state index is 0.241. The number of nitrogens with zero attached hydrogens (tertiary/aromatic N) is 4. The lowest BCUT2D eigenvalue weighted by Gasteiger charge is -1.85. The van der Waals surface area contributed by atoms with E-state index in [0.717, 1.165) is 18.7 Å². The molecule has 0 aromatic carbocycles. The molecular weight excluding hydrogens is 194 g/mol. The van der Waals surface area contributed by atoms with E-state index in [1.54, 1.807) is 0 Å². The monoisotopic (exact) mass is 201 g/mol. The van der Waals surface area contributed by atoms with Gasteiger partial charge in [0.25, 0.3) is 0 Å². The van der Waals surface area contributed by atoms with Crippen LogP contribution in [0.4, 0.5) is 0 Å². The highest BCUT2D eigenvalue weighted by molar-refractivity contribution is 5.58. The molecule has 74 valence electrons. The molecule has 0 spiro atoms. The molecule has 0 bridgehead atoms. The molecule has 2 aromatic rings. The van der Waals surface area contributed by atoms with Crippen LogP contribution in [0, 0.1) is 11.3 Å². The Morgan fingerprint density at radius 3 is 3.07 bits per heavy atom. The molecule has 6 nitrogen and oxygen atoms in total. The highest BCUT2D eigenvalue weighted by Crippen LogP contribution is 2.40. The van der Waals surface area contributed by atoms with Crippen LogP contribution in [-0.2, 0) is 0 Å². The van der Waals surface area contributed by atoms with Crippen molar-refractivity contribution in [3.63, 3.8) is 0 Å². The smallest absolute Gasteiger partial charge is 0.197 e. The summed E-state index contributed by atoms with van der Waals surface area (Å²) in [7, 11) is 0. The third-order valence-electron chi connectivity index (χ3n) is 2.34. The van der Waals surface area contributed by atoms with Gasteiger partial charge in [-0.25, -0.2) is 4.98 Å². The lowest BCUT2D eigenvalue weighted by atomic mass is 10.3. The molecule has 2 heterocycles. The molecule has 0 amide bonds. The fraction of sp³-hybridized carbons (Fsp3) is 0.333. The van der Waals surface area contributed by atoms with E-state index in [4.69, 9.17) is 9.68 Å². The molecule has 0 saturated heterocycles. The summed E-state index contributed by atoms with van der Waals surface area (Å²) in [6, 6.07) is 1.94. The highest BCUT2D eigenvalue weighted by atomic mass is 16.3. The molecule has 0 radical (unpaired) electrons. The van der Waals surface area contributed by atoms with Crippen molar-refractivity contribution in [2.75, 3.05) is 0 Å². The molecule has 6 heteroatoms. The summed E-state index contributed by atoms with van der Waals surface area (Å²) in [5, 5.41) is 18.7. The minimum Gasteiger partial charge on any atom is -0.448 e. The van der Waals surface area contributed by atoms with Crippen LogP contribution in [0.25, 0.3) is 11.4 Å². The second-order valence-electron chi connectivity index (χ2n) is 3.48. The van der Waals surface area contributed by atoms with E-state index in [0.29, 0.717) is 17.3 Å². The van der Waals surface area contributed by atoms with Gasteiger partial charge in [0, 0.05) is 5.92 Å². The fourth-order valence-corrected chi connectivity index (χ4v) is 1.40. The summed E-state index contributed by atoms with van der Waals surface area (Å²) < 4.78 is 5.31. The molecule has 2 aromatic heterocycles. The van der Waals surface area contributed by atoms with Crippen molar-refractivity contribution in [3.05, 3.63) is 17.8 Å². The maximum Gasteiger partial charge on any atom is 0.197 e. The zero-order valence-corrected chi connectivity index (χ0v) is 7.77. The second-order valence-corrected chi connectivity index (χ2v) is 3.48. The molecule has 1 aliphatic rings. The number of nitriles is 1. The summed E-state index contributed by atoms with van der Waals surface area (Å²) in [5.41, 5.74) is 1.26. The quantitative estimate of drug-likeness (QED) is 0.788. The van der Waals surface area contributed by atoms with Gasteiger partial charge in [-0.1, -0.05) is 0 Å². The lowest BCUT2D eigenvalue weighted by Crippen LogP contribution is -1.84. The number of hydrogen-bond donors (Lipinski definition) is 1.